The lowest BCUT2D eigenvalue weighted by molar-refractivity contribution is 0.301. The highest BCUT2D eigenvalue weighted by molar-refractivity contribution is 7.13. The van der Waals surface area contributed by atoms with Crippen molar-refractivity contribution in [3.8, 4) is 27.6 Å². The molecule has 64 heavy (non-hydrogen) atoms. The first-order chi connectivity index (χ1) is 31.5. The van der Waals surface area contributed by atoms with Crippen LogP contribution in [0.1, 0.15) is 25.2 Å². The van der Waals surface area contributed by atoms with Crippen molar-refractivity contribution in [2.24, 2.45) is 0 Å². The molecule has 316 valence electrons. The number of benzene rings is 4. The molecular weight excluding hydrogens is 815 g/mol. The maximum absolute atomic E-state index is 13.4. The van der Waals surface area contributed by atoms with E-state index in [1.807, 2.05) is 176 Å². The third-order valence-electron chi connectivity index (χ3n) is 10.0. The molecule has 10 nitrogen and oxygen atoms in total. The van der Waals surface area contributed by atoms with E-state index in [-0.39, 0.29) is 17.5 Å². The minimum atomic E-state index is -0.118. The summed E-state index contributed by atoms with van der Waals surface area (Å²) in [5, 5.41) is 9.99. The van der Waals surface area contributed by atoms with Crippen molar-refractivity contribution in [1.82, 2.24) is 24.1 Å². The number of ether oxygens (including phenoxy) is 1. The number of thiophene rings is 1. The first kappa shape index (κ1) is 42.5. The van der Waals surface area contributed by atoms with Gasteiger partial charge in [-0.3, -0.25) is 33.7 Å². The van der Waals surface area contributed by atoms with Gasteiger partial charge in [0.15, 0.2) is 10.9 Å². The molecule has 0 unspecified atom stereocenters. The minimum Gasteiger partial charge on any atom is -0.486 e. The maximum Gasteiger partial charge on any atom is 0.193 e. The Morgan fingerprint density at radius 3 is 1.80 bits per heavy atom. The van der Waals surface area contributed by atoms with Gasteiger partial charge < -0.3 is 15.4 Å². The molecule has 0 spiro atoms. The van der Waals surface area contributed by atoms with E-state index in [4.69, 9.17) is 4.74 Å². The summed E-state index contributed by atoms with van der Waals surface area (Å²) in [7, 11) is 0. The SMILES string of the molecule is CC.Cc1cc2c(c(COc3cccnc3)n1)c(=O)cc(Nc1ccccc1)n2-c1ccccc1.O=c1cc(Nc2ccccc2)n(-c2ccccc2)c2c(-c3cccs3)cncc12. The van der Waals surface area contributed by atoms with Crippen molar-refractivity contribution in [2.75, 3.05) is 10.6 Å². The number of rotatable bonds is 10. The van der Waals surface area contributed by atoms with E-state index in [9.17, 15) is 9.59 Å². The van der Waals surface area contributed by atoms with Crippen LogP contribution in [0.4, 0.5) is 23.0 Å². The van der Waals surface area contributed by atoms with Gasteiger partial charge in [-0.1, -0.05) is 92.7 Å². The number of hydrogen-bond donors (Lipinski definition) is 2. The third-order valence-corrected chi connectivity index (χ3v) is 10.9. The van der Waals surface area contributed by atoms with Crippen LogP contribution in [-0.4, -0.2) is 24.1 Å². The first-order valence-corrected chi connectivity index (χ1v) is 21.8. The molecule has 0 atom stereocenters. The summed E-state index contributed by atoms with van der Waals surface area (Å²) in [5.74, 6) is 2.01. The van der Waals surface area contributed by atoms with Crippen LogP contribution in [0.25, 0.3) is 43.6 Å². The number of para-hydroxylation sites is 4. The van der Waals surface area contributed by atoms with Gasteiger partial charge in [-0.2, -0.15) is 0 Å². The van der Waals surface area contributed by atoms with Crippen LogP contribution in [0.3, 0.4) is 0 Å². The van der Waals surface area contributed by atoms with Crippen LogP contribution >= 0.6 is 11.3 Å². The average Bonchev–Trinajstić information content (AvgIpc) is 3.89. The fourth-order valence-electron chi connectivity index (χ4n) is 7.34. The van der Waals surface area contributed by atoms with Crippen LogP contribution in [0.15, 0.2) is 204 Å². The molecule has 10 aromatic rings. The Morgan fingerprint density at radius 1 is 0.609 bits per heavy atom. The maximum atomic E-state index is 13.4. The summed E-state index contributed by atoms with van der Waals surface area (Å²) in [6.07, 6.45) is 6.81. The fourth-order valence-corrected chi connectivity index (χ4v) is 8.08. The molecule has 0 aliphatic heterocycles. The van der Waals surface area contributed by atoms with Crippen molar-refractivity contribution in [2.45, 2.75) is 27.4 Å². The normalized spacial score (nSPS) is 10.6. The molecule has 6 aromatic heterocycles. The quantitative estimate of drug-likeness (QED) is 0.140. The third kappa shape index (κ3) is 9.50. The Morgan fingerprint density at radius 2 is 1.20 bits per heavy atom. The molecule has 0 saturated heterocycles. The van der Waals surface area contributed by atoms with Crippen molar-refractivity contribution >= 4 is 56.2 Å². The van der Waals surface area contributed by atoms with Crippen molar-refractivity contribution in [3.63, 3.8) is 0 Å². The van der Waals surface area contributed by atoms with Gasteiger partial charge in [-0.05, 0) is 85.1 Å². The molecule has 11 heteroatoms. The van der Waals surface area contributed by atoms with Crippen LogP contribution in [-0.2, 0) is 6.61 Å². The summed E-state index contributed by atoms with van der Waals surface area (Å²) in [4.78, 5) is 40.5. The van der Waals surface area contributed by atoms with E-state index in [1.54, 1.807) is 48.1 Å². The van der Waals surface area contributed by atoms with Crippen LogP contribution in [0, 0.1) is 6.92 Å². The second kappa shape index (κ2) is 20.1. The standard InChI is InChI=1S/C27H22N4O2.C24H17N3OS.C2H6/c1-19-15-24-27(23(29-19)18-33-22-13-8-14-28-17-22)25(32)16-26(30-20-9-4-2-5-10-20)31(24)21-11-6-3-7-12-21;28-21-14-23(26-17-8-3-1-4-9-17)27(18-10-5-2-6-11-18)24-19(21)15-25-16-20(24)22-12-7-13-29-22;1-2/h2-17,30H,18H2,1H3;1-16,26H;1-2H3. The number of pyridine rings is 5. The topological polar surface area (TPSA) is 116 Å². The number of fused-ring (bicyclic) bond motifs is 2. The zero-order valence-electron chi connectivity index (χ0n) is 35.6. The predicted molar refractivity (Wildman–Crippen MR) is 262 cm³/mol. The number of anilines is 4. The van der Waals surface area contributed by atoms with E-state index >= 15 is 0 Å². The van der Waals surface area contributed by atoms with Gasteiger partial charge in [-0.15, -0.1) is 11.3 Å². The highest BCUT2D eigenvalue weighted by Gasteiger charge is 2.18. The van der Waals surface area contributed by atoms with E-state index in [1.165, 1.54) is 0 Å². The van der Waals surface area contributed by atoms with E-state index < -0.39 is 0 Å². The molecular formula is C53H45N7O3S. The van der Waals surface area contributed by atoms with Crippen LogP contribution in [0.2, 0.25) is 0 Å². The second-order valence-corrected chi connectivity index (χ2v) is 15.2. The molecule has 0 amide bonds. The largest absolute Gasteiger partial charge is 0.486 e. The number of aromatic nitrogens is 5. The molecule has 0 fully saturated rings. The van der Waals surface area contributed by atoms with E-state index in [0.29, 0.717) is 33.9 Å². The summed E-state index contributed by atoms with van der Waals surface area (Å²) in [6.45, 7) is 6.09. The fraction of sp³-hybridized carbons (Fsp3) is 0.0755. The highest BCUT2D eigenvalue weighted by Crippen LogP contribution is 2.34. The lowest BCUT2D eigenvalue weighted by Crippen LogP contribution is -2.16. The van der Waals surface area contributed by atoms with E-state index in [0.717, 1.165) is 49.9 Å². The molecule has 0 bridgehead atoms. The Bertz CT molecular complexity index is 3220. The molecule has 0 aliphatic carbocycles. The molecule has 6 heterocycles. The van der Waals surface area contributed by atoms with Crippen molar-refractivity contribution < 1.29 is 4.74 Å². The molecule has 4 aromatic carbocycles. The molecule has 10 rings (SSSR count). The Hall–Kier alpha value is -8.15. The van der Waals surface area contributed by atoms with Gasteiger partial charge in [0, 0.05) is 69.6 Å². The zero-order valence-corrected chi connectivity index (χ0v) is 36.4. The summed E-state index contributed by atoms with van der Waals surface area (Å²) < 4.78 is 10.0. The molecule has 0 aliphatic rings. The predicted octanol–water partition coefficient (Wildman–Crippen LogP) is 12.3. The Labute approximate surface area is 374 Å². The average molecular weight is 860 g/mol. The van der Waals surface area contributed by atoms with Gasteiger partial charge in [-0.25, -0.2) is 0 Å². The molecule has 0 radical (unpaired) electrons. The Balaban J connectivity index is 0.000000170. The lowest BCUT2D eigenvalue weighted by Gasteiger charge is -2.20. The number of hydrogen-bond acceptors (Lipinski definition) is 9. The second-order valence-electron chi connectivity index (χ2n) is 14.3. The monoisotopic (exact) mass is 859 g/mol. The number of nitrogens with one attached hydrogen (secondary N) is 2. The number of nitrogens with zero attached hydrogens (tertiary/aromatic N) is 5. The summed E-state index contributed by atoms with van der Waals surface area (Å²) >= 11 is 1.63. The van der Waals surface area contributed by atoms with Gasteiger partial charge in [0.05, 0.1) is 33.7 Å². The molecule has 2 N–H and O–H groups in total. The zero-order chi connectivity index (χ0) is 44.3. The van der Waals surface area contributed by atoms with Crippen LogP contribution < -0.4 is 26.2 Å². The number of aryl methyl sites for hydroxylation is 1. The molecule has 0 saturated carbocycles. The Kier molecular flexibility index (Phi) is 13.4. The summed E-state index contributed by atoms with van der Waals surface area (Å²) in [6, 6.07) is 52.6. The van der Waals surface area contributed by atoms with Crippen molar-refractivity contribution in [3.05, 3.63) is 226 Å². The van der Waals surface area contributed by atoms with Gasteiger partial charge >= 0.3 is 0 Å². The van der Waals surface area contributed by atoms with Gasteiger partial charge in [0.25, 0.3) is 0 Å². The van der Waals surface area contributed by atoms with Crippen molar-refractivity contribution in [1.29, 1.82) is 0 Å². The van der Waals surface area contributed by atoms with Crippen LogP contribution in [0.5, 0.6) is 5.75 Å². The smallest absolute Gasteiger partial charge is 0.193 e. The van der Waals surface area contributed by atoms with Gasteiger partial charge in [0.2, 0.25) is 0 Å². The minimum absolute atomic E-state index is 0.0588. The van der Waals surface area contributed by atoms with Gasteiger partial charge in [0.1, 0.15) is 24.0 Å². The van der Waals surface area contributed by atoms with E-state index in [2.05, 4.69) is 36.2 Å². The lowest BCUT2D eigenvalue weighted by atomic mass is 10.1. The highest BCUT2D eigenvalue weighted by atomic mass is 32.1. The summed E-state index contributed by atoms with van der Waals surface area (Å²) in [5.41, 5.74) is 7.49. The first-order valence-electron chi connectivity index (χ1n) is 20.9.